The predicted molar refractivity (Wildman–Crippen MR) is 120 cm³/mol. The highest BCUT2D eigenvalue weighted by Crippen LogP contribution is 2.44. The molecular formula is C23H27N2O2P. The Balaban J connectivity index is 2.06. The number of para-hydroxylation sites is 1. The molecular weight excluding hydrogens is 367 g/mol. The zero-order valence-electron chi connectivity index (χ0n) is 16.8. The SMILES string of the molecule is CC(C)OP(OC(C)C)C(=Nc1cccc2ccccc12)Nc1ccccc1. The van der Waals surface area contributed by atoms with E-state index in [9.17, 15) is 0 Å². The predicted octanol–water partition coefficient (Wildman–Crippen LogP) is 7.10. The lowest BCUT2D eigenvalue weighted by Crippen LogP contribution is -2.17. The van der Waals surface area contributed by atoms with Gasteiger partial charge in [0.15, 0.2) is 5.58 Å². The van der Waals surface area contributed by atoms with Crippen molar-refractivity contribution in [3.05, 3.63) is 72.8 Å². The van der Waals surface area contributed by atoms with E-state index in [1.807, 2.05) is 82.3 Å². The minimum atomic E-state index is -1.37. The summed E-state index contributed by atoms with van der Waals surface area (Å²) in [5.74, 6) is 0. The van der Waals surface area contributed by atoms with Crippen molar-refractivity contribution in [3.8, 4) is 0 Å². The number of benzene rings is 3. The van der Waals surface area contributed by atoms with Crippen LogP contribution < -0.4 is 5.32 Å². The van der Waals surface area contributed by atoms with Crippen molar-refractivity contribution >= 4 is 36.1 Å². The maximum Gasteiger partial charge on any atom is 0.243 e. The second-order valence-electron chi connectivity index (χ2n) is 6.99. The van der Waals surface area contributed by atoms with Crippen molar-refractivity contribution in [1.82, 2.24) is 0 Å². The van der Waals surface area contributed by atoms with E-state index in [-0.39, 0.29) is 12.2 Å². The molecule has 28 heavy (non-hydrogen) atoms. The number of hydrogen-bond acceptors (Lipinski definition) is 3. The molecule has 0 amide bonds. The highest BCUT2D eigenvalue weighted by atomic mass is 31.2. The first-order valence-corrected chi connectivity index (χ1v) is 10.7. The van der Waals surface area contributed by atoms with Gasteiger partial charge in [0.1, 0.15) is 0 Å². The molecule has 0 radical (unpaired) electrons. The zero-order chi connectivity index (χ0) is 19.9. The maximum absolute atomic E-state index is 6.13. The normalized spacial score (nSPS) is 12.3. The average Bonchev–Trinajstić information content (AvgIpc) is 2.67. The van der Waals surface area contributed by atoms with Gasteiger partial charge in [-0.1, -0.05) is 54.6 Å². The first-order chi connectivity index (χ1) is 13.5. The van der Waals surface area contributed by atoms with Crippen LogP contribution in [0.4, 0.5) is 11.4 Å². The van der Waals surface area contributed by atoms with Crippen molar-refractivity contribution in [2.45, 2.75) is 39.9 Å². The maximum atomic E-state index is 6.13. The number of aliphatic imine (C=N–C) groups is 1. The zero-order valence-corrected chi connectivity index (χ0v) is 17.7. The van der Waals surface area contributed by atoms with Crippen LogP contribution >= 0.6 is 8.38 Å². The third kappa shape index (κ3) is 5.62. The summed E-state index contributed by atoms with van der Waals surface area (Å²) in [6, 6.07) is 24.4. The van der Waals surface area contributed by atoms with Crippen LogP contribution in [0.25, 0.3) is 10.8 Å². The average molecular weight is 394 g/mol. The minimum absolute atomic E-state index is 0.0279. The Morgan fingerprint density at radius 2 is 1.39 bits per heavy atom. The largest absolute Gasteiger partial charge is 0.336 e. The van der Waals surface area contributed by atoms with Crippen molar-refractivity contribution in [3.63, 3.8) is 0 Å². The molecule has 3 aromatic rings. The van der Waals surface area contributed by atoms with Gasteiger partial charge in [-0.25, -0.2) is 4.99 Å². The molecule has 0 aliphatic heterocycles. The third-order valence-corrected chi connectivity index (χ3v) is 5.59. The molecule has 3 aromatic carbocycles. The fourth-order valence-corrected chi connectivity index (χ4v) is 4.12. The van der Waals surface area contributed by atoms with E-state index in [2.05, 4.69) is 23.5 Å². The van der Waals surface area contributed by atoms with Gasteiger partial charge in [0, 0.05) is 11.1 Å². The van der Waals surface area contributed by atoms with E-state index in [0.717, 1.165) is 22.1 Å². The van der Waals surface area contributed by atoms with E-state index < -0.39 is 8.38 Å². The van der Waals surface area contributed by atoms with Gasteiger partial charge in [0.25, 0.3) is 0 Å². The first-order valence-electron chi connectivity index (χ1n) is 9.55. The van der Waals surface area contributed by atoms with E-state index >= 15 is 0 Å². The summed E-state index contributed by atoms with van der Waals surface area (Å²) in [7, 11) is -1.37. The van der Waals surface area contributed by atoms with E-state index in [1.165, 1.54) is 0 Å². The highest BCUT2D eigenvalue weighted by Gasteiger charge is 2.23. The number of fused-ring (bicyclic) bond motifs is 1. The number of nitrogens with zero attached hydrogens (tertiary/aromatic N) is 1. The number of anilines is 1. The Hall–Kier alpha value is -2.26. The molecule has 4 nitrogen and oxygen atoms in total. The first kappa shape index (κ1) is 20.5. The second kappa shape index (κ2) is 9.79. The number of hydrogen-bond donors (Lipinski definition) is 1. The Kier molecular flexibility index (Phi) is 7.16. The van der Waals surface area contributed by atoms with Crippen LogP contribution in [0.5, 0.6) is 0 Å². The van der Waals surface area contributed by atoms with Crippen molar-refractivity contribution < 1.29 is 9.05 Å². The number of amidine groups is 1. The summed E-state index contributed by atoms with van der Waals surface area (Å²) in [5.41, 5.74) is 2.54. The van der Waals surface area contributed by atoms with E-state index in [1.54, 1.807) is 0 Å². The summed E-state index contributed by atoms with van der Waals surface area (Å²) in [5, 5.41) is 5.68. The van der Waals surface area contributed by atoms with Crippen LogP contribution in [0, 0.1) is 0 Å². The summed E-state index contributed by atoms with van der Waals surface area (Å²) in [4.78, 5) is 4.97. The fraction of sp³-hybridized carbons (Fsp3) is 0.261. The van der Waals surface area contributed by atoms with Crippen LogP contribution in [-0.2, 0) is 9.05 Å². The minimum Gasteiger partial charge on any atom is -0.336 e. The second-order valence-corrected chi connectivity index (χ2v) is 8.35. The standard InChI is InChI=1S/C23H27N2O2P/c1-17(2)26-28(27-18(3)4)23(24-20-13-6-5-7-14-20)25-22-16-10-12-19-11-8-9-15-21(19)22/h5-18H,1-4H3,(H,24,25). The fourth-order valence-electron chi connectivity index (χ4n) is 2.69. The topological polar surface area (TPSA) is 42.9 Å². The summed E-state index contributed by atoms with van der Waals surface area (Å²) in [6.45, 7) is 8.04. The number of nitrogens with one attached hydrogen (secondary N) is 1. The van der Waals surface area contributed by atoms with Crippen LogP contribution in [0.1, 0.15) is 27.7 Å². The van der Waals surface area contributed by atoms with Crippen LogP contribution in [-0.4, -0.2) is 17.8 Å². The van der Waals surface area contributed by atoms with Gasteiger partial charge in [-0.3, -0.25) is 0 Å². The van der Waals surface area contributed by atoms with E-state index in [0.29, 0.717) is 5.58 Å². The smallest absolute Gasteiger partial charge is 0.243 e. The van der Waals surface area contributed by atoms with Gasteiger partial charge in [-0.05, 0) is 51.3 Å². The molecule has 1 N–H and O–H groups in total. The summed E-state index contributed by atoms with van der Waals surface area (Å²) >= 11 is 0. The Labute approximate surface area is 168 Å². The number of rotatable bonds is 7. The van der Waals surface area contributed by atoms with Crippen molar-refractivity contribution in [2.24, 2.45) is 4.99 Å². The van der Waals surface area contributed by atoms with Gasteiger partial charge in [0.05, 0.1) is 17.9 Å². The van der Waals surface area contributed by atoms with Gasteiger partial charge >= 0.3 is 0 Å². The lowest BCUT2D eigenvalue weighted by Gasteiger charge is -2.24. The molecule has 0 aliphatic rings. The molecule has 0 spiro atoms. The molecule has 0 fully saturated rings. The van der Waals surface area contributed by atoms with Gasteiger partial charge in [-0.15, -0.1) is 0 Å². The summed E-state index contributed by atoms with van der Waals surface area (Å²) in [6.07, 6.45) is 0.0558. The van der Waals surface area contributed by atoms with Crippen LogP contribution in [0.3, 0.4) is 0 Å². The Morgan fingerprint density at radius 1 is 0.786 bits per heavy atom. The van der Waals surface area contributed by atoms with Crippen LogP contribution in [0.2, 0.25) is 0 Å². The third-order valence-electron chi connectivity index (χ3n) is 3.81. The molecule has 0 bridgehead atoms. The molecule has 146 valence electrons. The molecule has 0 atom stereocenters. The summed E-state index contributed by atoms with van der Waals surface area (Å²) < 4.78 is 12.3. The highest BCUT2D eigenvalue weighted by molar-refractivity contribution is 7.67. The Bertz CT molecular complexity index is 911. The monoisotopic (exact) mass is 394 g/mol. The quantitative estimate of drug-likeness (QED) is 0.264. The molecule has 0 heterocycles. The molecule has 5 heteroatoms. The molecule has 0 aliphatic carbocycles. The van der Waals surface area contributed by atoms with Crippen LogP contribution in [0.15, 0.2) is 77.8 Å². The molecule has 0 unspecified atom stereocenters. The molecule has 0 saturated carbocycles. The molecule has 3 rings (SSSR count). The lowest BCUT2D eigenvalue weighted by molar-refractivity contribution is 0.185. The lowest BCUT2D eigenvalue weighted by atomic mass is 10.1. The van der Waals surface area contributed by atoms with Gasteiger partial charge in [-0.2, -0.15) is 0 Å². The molecule has 0 saturated heterocycles. The van der Waals surface area contributed by atoms with Crippen molar-refractivity contribution in [2.75, 3.05) is 5.32 Å². The van der Waals surface area contributed by atoms with Gasteiger partial charge in [0.2, 0.25) is 8.38 Å². The molecule has 0 aromatic heterocycles. The Morgan fingerprint density at radius 3 is 2.07 bits per heavy atom. The van der Waals surface area contributed by atoms with Gasteiger partial charge < -0.3 is 14.4 Å². The van der Waals surface area contributed by atoms with Crippen molar-refractivity contribution in [1.29, 1.82) is 0 Å². The van der Waals surface area contributed by atoms with E-state index in [4.69, 9.17) is 14.0 Å².